The molecule has 0 saturated carbocycles. The molecular weight excluding hydrogens is 230 g/mol. The van der Waals surface area contributed by atoms with Gasteiger partial charge in [0.05, 0.1) is 12.3 Å². The molecule has 0 aliphatic carbocycles. The Bertz CT molecular complexity index is 380. The third kappa shape index (κ3) is 2.69. The minimum absolute atomic E-state index is 0.206. The van der Waals surface area contributed by atoms with Crippen LogP contribution in [0.5, 0.6) is 0 Å². The second kappa shape index (κ2) is 5.25. The summed E-state index contributed by atoms with van der Waals surface area (Å²) in [6, 6.07) is 3.41. The highest BCUT2D eigenvalue weighted by Gasteiger charge is 2.22. The number of anilines is 1. The predicted octanol–water partition coefficient (Wildman–Crippen LogP) is 0.662. The molecule has 5 nitrogen and oxygen atoms in total. The molecule has 16 heavy (non-hydrogen) atoms. The summed E-state index contributed by atoms with van der Waals surface area (Å²) in [6.07, 6.45) is 1.10. The van der Waals surface area contributed by atoms with Gasteiger partial charge in [-0.3, -0.25) is 4.79 Å². The van der Waals surface area contributed by atoms with Crippen LogP contribution < -0.4 is 10.6 Å². The van der Waals surface area contributed by atoms with Gasteiger partial charge in [0.1, 0.15) is 6.10 Å². The van der Waals surface area contributed by atoms with Gasteiger partial charge in [0.25, 0.3) is 5.91 Å². The maximum absolute atomic E-state index is 11.8. The Morgan fingerprint density at radius 3 is 3.25 bits per heavy atom. The Labute approximate surface area is 98.1 Å². The Kier molecular flexibility index (Phi) is 3.71. The van der Waals surface area contributed by atoms with Gasteiger partial charge in [0.15, 0.2) is 5.15 Å². The number of carbonyl (C=O) groups excluding carboxylic acids is 1. The quantitative estimate of drug-likeness (QED) is 0.747. The third-order valence-electron chi connectivity index (χ3n) is 2.24. The van der Waals surface area contributed by atoms with Gasteiger partial charge in [-0.25, -0.2) is 4.98 Å². The van der Waals surface area contributed by atoms with E-state index in [1.54, 1.807) is 18.3 Å². The summed E-state index contributed by atoms with van der Waals surface area (Å²) in [6.45, 7) is 1.83. The number of hydrogen-bond acceptors (Lipinski definition) is 4. The highest BCUT2D eigenvalue weighted by atomic mass is 35.5. The molecule has 86 valence electrons. The van der Waals surface area contributed by atoms with Gasteiger partial charge in [-0.15, -0.1) is 0 Å². The Morgan fingerprint density at radius 2 is 2.56 bits per heavy atom. The van der Waals surface area contributed by atoms with Gasteiger partial charge in [-0.05, 0) is 12.1 Å². The molecule has 2 rings (SSSR count). The number of halogens is 1. The molecule has 0 aromatic carbocycles. The molecule has 1 aliphatic rings. The number of ether oxygens (including phenoxy) is 1. The van der Waals surface area contributed by atoms with Crippen molar-refractivity contribution < 1.29 is 9.53 Å². The number of carbonyl (C=O) groups is 1. The van der Waals surface area contributed by atoms with E-state index in [2.05, 4.69) is 15.6 Å². The van der Waals surface area contributed by atoms with Gasteiger partial charge >= 0.3 is 0 Å². The molecule has 1 saturated heterocycles. The van der Waals surface area contributed by atoms with E-state index in [0.29, 0.717) is 18.8 Å². The Hall–Kier alpha value is -1.17. The predicted molar refractivity (Wildman–Crippen MR) is 60.5 cm³/mol. The number of nitrogens with one attached hydrogen (secondary N) is 2. The van der Waals surface area contributed by atoms with Crippen LogP contribution in [-0.4, -0.2) is 36.7 Å². The standard InChI is InChI=1S/C10H12ClN3O2/c11-9-7(2-1-3-13-9)14-10(15)8-6-12-4-5-16-8/h1-3,8,12H,4-6H2,(H,14,15). The molecule has 2 N–H and O–H groups in total. The summed E-state index contributed by atoms with van der Waals surface area (Å²) in [5, 5.41) is 6.04. The smallest absolute Gasteiger partial charge is 0.254 e. The van der Waals surface area contributed by atoms with Crippen LogP contribution in [0.1, 0.15) is 0 Å². The van der Waals surface area contributed by atoms with Crippen LogP contribution in [0, 0.1) is 0 Å². The van der Waals surface area contributed by atoms with Crippen molar-refractivity contribution in [2.45, 2.75) is 6.10 Å². The normalized spacial score (nSPS) is 20.4. The molecule has 1 unspecified atom stereocenters. The number of nitrogens with zero attached hydrogens (tertiary/aromatic N) is 1. The van der Waals surface area contributed by atoms with E-state index in [9.17, 15) is 4.79 Å². The summed E-state index contributed by atoms with van der Waals surface area (Å²) in [4.78, 5) is 15.6. The van der Waals surface area contributed by atoms with Gasteiger partial charge < -0.3 is 15.4 Å². The van der Waals surface area contributed by atoms with Crippen LogP contribution in [0.15, 0.2) is 18.3 Å². The minimum atomic E-state index is -0.468. The fourth-order valence-electron chi connectivity index (χ4n) is 1.43. The van der Waals surface area contributed by atoms with Crippen molar-refractivity contribution in [2.75, 3.05) is 25.0 Å². The summed E-state index contributed by atoms with van der Waals surface area (Å²) in [7, 11) is 0. The molecule has 1 aliphatic heterocycles. The maximum Gasteiger partial charge on any atom is 0.254 e. The molecule has 0 bridgehead atoms. The summed E-state index contributed by atoms with van der Waals surface area (Å²) >= 11 is 5.82. The monoisotopic (exact) mass is 241 g/mol. The average Bonchev–Trinajstić information content (AvgIpc) is 2.33. The maximum atomic E-state index is 11.8. The van der Waals surface area contributed by atoms with E-state index >= 15 is 0 Å². The molecule has 1 amide bonds. The van der Waals surface area contributed by atoms with E-state index in [4.69, 9.17) is 16.3 Å². The first-order valence-electron chi connectivity index (χ1n) is 5.01. The third-order valence-corrected chi connectivity index (χ3v) is 2.54. The van der Waals surface area contributed by atoms with Crippen LogP contribution in [0.2, 0.25) is 5.15 Å². The Balaban J connectivity index is 1.99. The van der Waals surface area contributed by atoms with E-state index < -0.39 is 6.10 Å². The lowest BCUT2D eigenvalue weighted by Gasteiger charge is -2.22. The second-order valence-electron chi connectivity index (χ2n) is 3.39. The largest absolute Gasteiger partial charge is 0.366 e. The molecule has 1 aromatic rings. The van der Waals surface area contributed by atoms with Crippen LogP contribution in [-0.2, 0) is 9.53 Å². The van der Waals surface area contributed by atoms with Crippen molar-refractivity contribution in [3.63, 3.8) is 0 Å². The lowest BCUT2D eigenvalue weighted by molar-refractivity contribution is -0.128. The average molecular weight is 242 g/mol. The van der Waals surface area contributed by atoms with E-state index in [1.165, 1.54) is 0 Å². The number of amides is 1. The van der Waals surface area contributed by atoms with Crippen LogP contribution >= 0.6 is 11.6 Å². The molecule has 1 aromatic heterocycles. The van der Waals surface area contributed by atoms with Crippen molar-refractivity contribution in [2.24, 2.45) is 0 Å². The SMILES string of the molecule is O=C(Nc1cccnc1Cl)C1CNCCO1. The zero-order chi connectivity index (χ0) is 11.4. The molecule has 2 heterocycles. The fraction of sp³-hybridized carbons (Fsp3) is 0.400. The minimum Gasteiger partial charge on any atom is -0.366 e. The van der Waals surface area contributed by atoms with Crippen molar-refractivity contribution in [1.29, 1.82) is 0 Å². The molecular formula is C10H12ClN3O2. The zero-order valence-corrected chi connectivity index (χ0v) is 9.33. The van der Waals surface area contributed by atoms with Crippen LogP contribution in [0.25, 0.3) is 0 Å². The molecule has 0 radical (unpaired) electrons. The second-order valence-corrected chi connectivity index (χ2v) is 3.75. The first-order valence-corrected chi connectivity index (χ1v) is 5.39. The molecule has 6 heteroatoms. The van der Waals surface area contributed by atoms with Gasteiger partial charge in [-0.1, -0.05) is 11.6 Å². The van der Waals surface area contributed by atoms with Crippen molar-refractivity contribution >= 4 is 23.2 Å². The fourth-order valence-corrected chi connectivity index (χ4v) is 1.59. The number of pyridine rings is 1. The first kappa shape index (κ1) is 11.3. The summed E-state index contributed by atoms with van der Waals surface area (Å²) in [5.41, 5.74) is 0.503. The Morgan fingerprint density at radius 1 is 1.69 bits per heavy atom. The lowest BCUT2D eigenvalue weighted by atomic mass is 10.3. The van der Waals surface area contributed by atoms with Crippen molar-refractivity contribution in [1.82, 2.24) is 10.3 Å². The van der Waals surface area contributed by atoms with Gasteiger partial charge in [-0.2, -0.15) is 0 Å². The zero-order valence-electron chi connectivity index (χ0n) is 8.57. The van der Waals surface area contributed by atoms with E-state index in [1.807, 2.05) is 0 Å². The van der Waals surface area contributed by atoms with Gasteiger partial charge in [0, 0.05) is 19.3 Å². The first-order chi connectivity index (χ1) is 7.77. The van der Waals surface area contributed by atoms with E-state index in [-0.39, 0.29) is 11.1 Å². The number of aromatic nitrogens is 1. The molecule has 1 atom stereocenters. The van der Waals surface area contributed by atoms with Crippen LogP contribution in [0.4, 0.5) is 5.69 Å². The number of rotatable bonds is 2. The number of hydrogen-bond donors (Lipinski definition) is 2. The topological polar surface area (TPSA) is 63.2 Å². The van der Waals surface area contributed by atoms with E-state index in [0.717, 1.165) is 6.54 Å². The highest BCUT2D eigenvalue weighted by molar-refractivity contribution is 6.32. The van der Waals surface area contributed by atoms with Crippen molar-refractivity contribution in [3.8, 4) is 0 Å². The number of morpholine rings is 1. The van der Waals surface area contributed by atoms with Gasteiger partial charge in [0.2, 0.25) is 0 Å². The van der Waals surface area contributed by atoms with Crippen molar-refractivity contribution in [3.05, 3.63) is 23.5 Å². The molecule has 1 fully saturated rings. The summed E-state index contributed by atoms with van der Waals surface area (Å²) < 4.78 is 5.31. The molecule has 0 spiro atoms. The highest BCUT2D eigenvalue weighted by Crippen LogP contribution is 2.17. The lowest BCUT2D eigenvalue weighted by Crippen LogP contribution is -2.45. The summed E-state index contributed by atoms with van der Waals surface area (Å²) in [5.74, 6) is -0.206. The van der Waals surface area contributed by atoms with Crippen LogP contribution in [0.3, 0.4) is 0 Å².